The summed E-state index contributed by atoms with van der Waals surface area (Å²) in [6.07, 6.45) is -2.94. The van der Waals surface area contributed by atoms with Crippen LogP contribution in [0.25, 0.3) is 0 Å². The van der Waals surface area contributed by atoms with Crippen molar-refractivity contribution in [2.75, 3.05) is 13.2 Å². The first kappa shape index (κ1) is 8.39. The Kier molecular flexibility index (Phi) is 2.08. The fourth-order valence-electron chi connectivity index (χ4n) is 1.01. The molecule has 1 rings (SSSR count). The first-order valence-electron chi connectivity index (χ1n) is 3.19. The summed E-state index contributed by atoms with van der Waals surface area (Å²) in [6, 6.07) is 0. The fourth-order valence-corrected chi connectivity index (χ4v) is 1.01. The molecule has 0 aromatic carbocycles. The summed E-state index contributed by atoms with van der Waals surface area (Å²) in [5.74, 6) is -1.47. The second kappa shape index (κ2) is 2.73. The van der Waals surface area contributed by atoms with E-state index in [4.69, 9.17) is 5.11 Å². The van der Waals surface area contributed by atoms with E-state index in [0.29, 0.717) is 0 Å². The maximum Gasteiger partial charge on any atom is 0.317 e. The number of aliphatic carboxylic acids is 1. The predicted octanol–water partition coefficient (Wildman–Crippen LogP) is 0.743. The van der Waals surface area contributed by atoms with Crippen LogP contribution in [0, 0.1) is 5.41 Å². The minimum Gasteiger partial charge on any atom is -0.481 e. The number of carboxylic acids is 1. The molecule has 0 saturated carbocycles. The summed E-state index contributed by atoms with van der Waals surface area (Å²) >= 11 is 0. The standard InChI is InChI=1S/C6H8F2O3/c7-4(8)6(5(9)10)1-2-11-3-6/h4H,1-3H2,(H,9,10). The van der Waals surface area contributed by atoms with Gasteiger partial charge in [0.1, 0.15) is 0 Å². The van der Waals surface area contributed by atoms with E-state index in [9.17, 15) is 13.6 Å². The van der Waals surface area contributed by atoms with Crippen molar-refractivity contribution in [3.8, 4) is 0 Å². The lowest BCUT2D eigenvalue weighted by atomic mass is 9.88. The van der Waals surface area contributed by atoms with Crippen LogP contribution in [0.4, 0.5) is 8.78 Å². The van der Waals surface area contributed by atoms with Gasteiger partial charge < -0.3 is 9.84 Å². The molecule has 1 aliphatic rings. The average molecular weight is 166 g/mol. The lowest BCUT2D eigenvalue weighted by Gasteiger charge is -2.19. The SMILES string of the molecule is O=C(O)C1(C(F)F)CCOC1. The summed E-state index contributed by atoms with van der Waals surface area (Å²) in [5, 5.41) is 8.47. The topological polar surface area (TPSA) is 46.5 Å². The second-order valence-corrected chi connectivity index (χ2v) is 2.56. The van der Waals surface area contributed by atoms with Gasteiger partial charge in [0.15, 0.2) is 5.41 Å². The van der Waals surface area contributed by atoms with Crippen molar-refractivity contribution in [3.63, 3.8) is 0 Å². The van der Waals surface area contributed by atoms with E-state index in [1.165, 1.54) is 0 Å². The van der Waals surface area contributed by atoms with Gasteiger partial charge in [0.05, 0.1) is 6.61 Å². The zero-order valence-electron chi connectivity index (χ0n) is 5.72. The molecule has 11 heavy (non-hydrogen) atoms. The smallest absolute Gasteiger partial charge is 0.317 e. The maximum absolute atomic E-state index is 12.2. The molecule has 1 atom stereocenters. The van der Waals surface area contributed by atoms with Gasteiger partial charge in [-0.25, -0.2) is 8.78 Å². The Bertz CT molecular complexity index is 163. The first-order chi connectivity index (χ1) is 5.09. The largest absolute Gasteiger partial charge is 0.481 e. The zero-order valence-corrected chi connectivity index (χ0v) is 5.72. The quantitative estimate of drug-likeness (QED) is 0.658. The average Bonchev–Trinajstić information content (AvgIpc) is 2.34. The van der Waals surface area contributed by atoms with E-state index in [-0.39, 0.29) is 19.6 Å². The molecule has 1 unspecified atom stereocenters. The maximum atomic E-state index is 12.2. The van der Waals surface area contributed by atoms with Gasteiger partial charge in [0.25, 0.3) is 6.43 Å². The molecule has 1 aliphatic heterocycles. The molecular formula is C6H8F2O3. The summed E-state index contributed by atoms with van der Waals surface area (Å²) in [5.41, 5.74) is -1.94. The van der Waals surface area contributed by atoms with Crippen LogP contribution in [0.5, 0.6) is 0 Å². The van der Waals surface area contributed by atoms with Crippen molar-refractivity contribution < 1.29 is 23.4 Å². The van der Waals surface area contributed by atoms with Gasteiger partial charge >= 0.3 is 5.97 Å². The van der Waals surface area contributed by atoms with Gasteiger partial charge in [0, 0.05) is 6.61 Å². The Morgan fingerprint density at radius 1 is 1.64 bits per heavy atom. The molecule has 1 fully saturated rings. The lowest BCUT2D eigenvalue weighted by molar-refractivity contribution is -0.159. The van der Waals surface area contributed by atoms with Gasteiger partial charge in [-0.3, -0.25) is 4.79 Å². The highest BCUT2D eigenvalue weighted by Crippen LogP contribution is 2.35. The molecule has 1 N–H and O–H groups in total. The van der Waals surface area contributed by atoms with E-state index >= 15 is 0 Å². The Morgan fingerprint density at radius 2 is 2.27 bits per heavy atom. The van der Waals surface area contributed by atoms with Crippen LogP contribution in [-0.4, -0.2) is 30.7 Å². The van der Waals surface area contributed by atoms with Crippen molar-refractivity contribution in [2.45, 2.75) is 12.8 Å². The van der Waals surface area contributed by atoms with Gasteiger partial charge in [-0.2, -0.15) is 0 Å². The molecule has 0 aromatic rings. The Hall–Kier alpha value is -0.710. The third kappa shape index (κ3) is 1.20. The van der Waals surface area contributed by atoms with Crippen LogP contribution in [0.3, 0.4) is 0 Å². The molecule has 64 valence electrons. The lowest BCUT2D eigenvalue weighted by Crippen LogP contribution is -2.38. The van der Waals surface area contributed by atoms with E-state index in [0.717, 1.165) is 0 Å². The molecule has 0 aromatic heterocycles. The number of carbonyl (C=O) groups is 1. The minimum atomic E-state index is -2.84. The monoisotopic (exact) mass is 166 g/mol. The summed E-state index contributed by atoms with van der Waals surface area (Å²) in [6.45, 7) is -0.267. The minimum absolute atomic E-state index is 0.0972. The number of alkyl halides is 2. The van der Waals surface area contributed by atoms with Crippen LogP contribution in [0.1, 0.15) is 6.42 Å². The van der Waals surface area contributed by atoms with Gasteiger partial charge in [0.2, 0.25) is 0 Å². The number of hydrogen-bond acceptors (Lipinski definition) is 2. The summed E-state index contributed by atoms with van der Waals surface area (Å²) in [7, 11) is 0. The second-order valence-electron chi connectivity index (χ2n) is 2.56. The van der Waals surface area contributed by atoms with Crippen molar-refractivity contribution in [2.24, 2.45) is 5.41 Å². The third-order valence-corrected chi connectivity index (χ3v) is 1.90. The molecular weight excluding hydrogens is 158 g/mol. The molecule has 1 heterocycles. The molecule has 0 radical (unpaired) electrons. The number of carboxylic acid groups (broad SMARTS) is 1. The third-order valence-electron chi connectivity index (χ3n) is 1.90. The number of rotatable bonds is 2. The van der Waals surface area contributed by atoms with Crippen LogP contribution in [-0.2, 0) is 9.53 Å². The molecule has 3 nitrogen and oxygen atoms in total. The number of hydrogen-bond donors (Lipinski definition) is 1. The van der Waals surface area contributed by atoms with Crippen LogP contribution >= 0.6 is 0 Å². The molecule has 0 aliphatic carbocycles. The Balaban J connectivity index is 2.79. The normalized spacial score (nSPS) is 31.2. The molecule has 5 heteroatoms. The molecule has 0 spiro atoms. The van der Waals surface area contributed by atoms with Crippen molar-refractivity contribution in [1.82, 2.24) is 0 Å². The number of ether oxygens (including phenoxy) is 1. The highest BCUT2D eigenvalue weighted by molar-refractivity contribution is 5.75. The highest BCUT2D eigenvalue weighted by atomic mass is 19.3. The van der Waals surface area contributed by atoms with Gasteiger partial charge in [-0.15, -0.1) is 0 Å². The fraction of sp³-hybridized carbons (Fsp3) is 0.833. The van der Waals surface area contributed by atoms with Crippen LogP contribution in [0.15, 0.2) is 0 Å². The van der Waals surface area contributed by atoms with Crippen LogP contribution < -0.4 is 0 Å². The highest BCUT2D eigenvalue weighted by Gasteiger charge is 2.50. The van der Waals surface area contributed by atoms with E-state index in [1.807, 2.05) is 0 Å². The molecule has 0 bridgehead atoms. The van der Waals surface area contributed by atoms with Gasteiger partial charge in [-0.1, -0.05) is 0 Å². The summed E-state index contributed by atoms with van der Waals surface area (Å²) < 4.78 is 29.0. The molecule has 1 saturated heterocycles. The van der Waals surface area contributed by atoms with E-state index in [1.54, 1.807) is 0 Å². The van der Waals surface area contributed by atoms with Gasteiger partial charge in [-0.05, 0) is 6.42 Å². The van der Waals surface area contributed by atoms with Crippen molar-refractivity contribution >= 4 is 5.97 Å². The Labute approximate surface area is 62.0 Å². The summed E-state index contributed by atoms with van der Waals surface area (Å²) in [4.78, 5) is 10.4. The van der Waals surface area contributed by atoms with Crippen molar-refractivity contribution in [1.29, 1.82) is 0 Å². The van der Waals surface area contributed by atoms with E-state index < -0.39 is 17.8 Å². The van der Waals surface area contributed by atoms with Crippen molar-refractivity contribution in [3.05, 3.63) is 0 Å². The Morgan fingerprint density at radius 3 is 2.45 bits per heavy atom. The van der Waals surface area contributed by atoms with E-state index in [2.05, 4.69) is 4.74 Å². The predicted molar refractivity (Wildman–Crippen MR) is 31.5 cm³/mol. The molecule has 0 amide bonds. The van der Waals surface area contributed by atoms with Crippen LogP contribution in [0.2, 0.25) is 0 Å². The zero-order chi connectivity index (χ0) is 8.48. The first-order valence-corrected chi connectivity index (χ1v) is 3.19. The number of halogens is 2.